The number of imidazole rings is 1. The van der Waals surface area contributed by atoms with E-state index in [4.69, 9.17) is 4.74 Å². The average molecular weight is 355 g/mol. The van der Waals surface area contributed by atoms with Crippen molar-refractivity contribution in [2.45, 2.75) is 26.4 Å². The Hall–Kier alpha value is -2.67. The Bertz CT molecular complexity index is 1000. The van der Waals surface area contributed by atoms with Gasteiger partial charge >= 0.3 is 0 Å². The van der Waals surface area contributed by atoms with E-state index in [2.05, 4.69) is 11.9 Å². The predicted molar refractivity (Wildman–Crippen MR) is 96.8 cm³/mol. The summed E-state index contributed by atoms with van der Waals surface area (Å²) < 4.78 is 7.58. The third kappa shape index (κ3) is 2.26. The first-order valence-electron chi connectivity index (χ1n) is 8.08. The Kier molecular flexibility index (Phi) is 3.61. The lowest BCUT2D eigenvalue weighted by atomic mass is 10.1. The normalized spacial score (nSPS) is 16.8. The maximum atomic E-state index is 12.2. The van der Waals surface area contributed by atoms with Gasteiger partial charge in [-0.1, -0.05) is 6.92 Å². The Morgan fingerprint density at radius 1 is 1.40 bits per heavy atom. The molecule has 4 rings (SSSR count). The van der Waals surface area contributed by atoms with E-state index in [-0.39, 0.29) is 5.91 Å². The molecule has 0 N–H and O–H groups in total. The lowest BCUT2D eigenvalue weighted by Crippen LogP contribution is -2.41. The summed E-state index contributed by atoms with van der Waals surface area (Å²) in [5.41, 5.74) is 3.13. The highest BCUT2D eigenvalue weighted by Crippen LogP contribution is 2.39. The van der Waals surface area contributed by atoms with Crippen molar-refractivity contribution < 1.29 is 14.3 Å². The van der Waals surface area contributed by atoms with E-state index in [1.54, 1.807) is 36.4 Å². The third-order valence-corrected chi connectivity index (χ3v) is 5.68. The second kappa shape index (κ2) is 5.70. The molecular formula is C18H17N3O3S. The number of anilines is 1. The molecule has 3 aromatic rings. The highest BCUT2D eigenvalue weighted by Gasteiger charge is 2.29. The van der Waals surface area contributed by atoms with E-state index in [0.29, 0.717) is 11.4 Å². The van der Waals surface area contributed by atoms with E-state index < -0.39 is 6.10 Å². The number of likely N-dealkylation sites (N-methyl/N-ethyl adjacent to an activating group) is 1. The molecule has 1 aromatic carbocycles. The molecule has 0 bridgehead atoms. The van der Waals surface area contributed by atoms with E-state index in [1.807, 2.05) is 22.6 Å². The molecule has 6 nitrogen and oxygen atoms in total. The van der Waals surface area contributed by atoms with Gasteiger partial charge in [0.1, 0.15) is 11.4 Å². The van der Waals surface area contributed by atoms with Gasteiger partial charge < -0.3 is 9.64 Å². The monoisotopic (exact) mass is 355 g/mol. The number of thiazole rings is 1. The molecule has 3 heterocycles. The molecule has 7 heteroatoms. The van der Waals surface area contributed by atoms with Crippen LogP contribution in [0.2, 0.25) is 0 Å². The zero-order chi connectivity index (χ0) is 17.7. The van der Waals surface area contributed by atoms with Crippen LogP contribution in [0.15, 0.2) is 24.4 Å². The minimum atomic E-state index is -0.488. The predicted octanol–water partition coefficient (Wildman–Crippen LogP) is 3.18. The van der Waals surface area contributed by atoms with Crippen LogP contribution < -0.4 is 9.64 Å². The van der Waals surface area contributed by atoms with Crippen molar-refractivity contribution in [3.8, 4) is 17.0 Å². The number of aldehydes is 1. The van der Waals surface area contributed by atoms with Crippen molar-refractivity contribution in [2.75, 3.05) is 11.9 Å². The molecule has 1 atom stereocenters. The fraction of sp³-hybridized carbons (Fsp3) is 0.278. The van der Waals surface area contributed by atoms with E-state index >= 15 is 0 Å². The van der Waals surface area contributed by atoms with Crippen LogP contribution in [0.3, 0.4) is 0 Å². The molecule has 0 spiro atoms. The highest BCUT2D eigenvalue weighted by molar-refractivity contribution is 7.17. The average Bonchev–Trinajstić information content (AvgIpc) is 3.18. The van der Waals surface area contributed by atoms with E-state index in [0.717, 1.165) is 39.5 Å². The first-order chi connectivity index (χ1) is 12.0. The van der Waals surface area contributed by atoms with Gasteiger partial charge in [0.05, 0.1) is 17.6 Å². The van der Waals surface area contributed by atoms with Gasteiger partial charge in [0.25, 0.3) is 5.91 Å². The number of amides is 1. The Morgan fingerprint density at radius 3 is 2.92 bits per heavy atom. The molecule has 0 aliphatic carbocycles. The molecule has 1 aliphatic rings. The van der Waals surface area contributed by atoms with Crippen LogP contribution in [-0.4, -0.2) is 34.7 Å². The number of hydrogen-bond donors (Lipinski definition) is 0. The third-order valence-electron chi connectivity index (χ3n) is 4.48. The molecule has 1 unspecified atom stereocenters. The summed E-state index contributed by atoms with van der Waals surface area (Å²) in [7, 11) is 1.75. The second-order valence-electron chi connectivity index (χ2n) is 5.99. The summed E-state index contributed by atoms with van der Waals surface area (Å²) in [5, 5.41) is 0. The van der Waals surface area contributed by atoms with Crippen LogP contribution >= 0.6 is 11.3 Å². The van der Waals surface area contributed by atoms with Crippen molar-refractivity contribution in [1.82, 2.24) is 9.38 Å². The number of carbonyl (C=O) groups excluding carboxylic acids is 2. The van der Waals surface area contributed by atoms with Crippen LogP contribution in [0.4, 0.5) is 5.69 Å². The van der Waals surface area contributed by atoms with Gasteiger partial charge in [0.2, 0.25) is 0 Å². The number of hydrogen-bond acceptors (Lipinski definition) is 5. The number of aromatic nitrogens is 2. The van der Waals surface area contributed by atoms with Crippen molar-refractivity contribution >= 4 is 34.2 Å². The van der Waals surface area contributed by atoms with Crippen molar-refractivity contribution in [3.63, 3.8) is 0 Å². The maximum Gasteiger partial charge on any atom is 0.267 e. The van der Waals surface area contributed by atoms with Gasteiger partial charge in [-0.2, -0.15) is 0 Å². The number of aryl methyl sites for hydroxylation is 1. The summed E-state index contributed by atoms with van der Waals surface area (Å²) in [4.78, 5) is 31.5. The topological polar surface area (TPSA) is 63.9 Å². The number of fused-ring (bicyclic) bond motifs is 2. The van der Waals surface area contributed by atoms with Crippen molar-refractivity contribution in [3.05, 3.63) is 35.0 Å². The van der Waals surface area contributed by atoms with Gasteiger partial charge in [0.15, 0.2) is 17.4 Å². The SMILES string of the molecule is CCc1sc2ncc(C=O)n2c1-c1ccc2c(c1)N(C)C(=O)C(C)O2. The zero-order valence-electron chi connectivity index (χ0n) is 14.1. The smallest absolute Gasteiger partial charge is 0.267 e. The standard InChI is InChI=1S/C18H17N3O3S/c1-4-15-16(21-12(9-22)8-19-18(21)25-15)11-5-6-14-13(7-11)20(3)17(23)10(2)24-14/h5-10H,4H2,1-3H3. The van der Waals surface area contributed by atoms with Crippen LogP contribution in [0, 0.1) is 0 Å². The summed E-state index contributed by atoms with van der Waals surface area (Å²) in [6, 6.07) is 5.78. The highest BCUT2D eigenvalue weighted by atomic mass is 32.1. The number of benzene rings is 1. The molecular weight excluding hydrogens is 338 g/mol. The van der Waals surface area contributed by atoms with Crippen LogP contribution in [-0.2, 0) is 11.2 Å². The minimum absolute atomic E-state index is 0.0768. The van der Waals surface area contributed by atoms with Gasteiger partial charge in [0, 0.05) is 17.5 Å². The summed E-state index contributed by atoms with van der Waals surface area (Å²) in [5.74, 6) is 0.608. The molecule has 2 aromatic heterocycles. The number of rotatable bonds is 3. The molecule has 25 heavy (non-hydrogen) atoms. The van der Waals surface area contributed by atoms with Gasteiger partial charge in [-0.15, -0.1) is 11.3 Å². The molecule has 128 valence electrons. The lowest BCUT2D eigenvalue weighted by Gasteiger charge is -2.30. The van der Waals surface area contributed by atoms with E-state index in [1.165, 1.54) is 0 Å². The fourth-order valence-electron chi connectivity index (χ4n) is 3.20. The van der Waals surface area contributed by atoms with E-state index in [9.17, 15) is 9.59 Å². The van der Waals surface area contributed by atoms with Crippen molar-refractivity contribution in [2.24, 2.45) is 0 Å². The Morgan fingerprint density at radius 2 is 2.20 bits per heavy atom. The second-order valence-corrected chi connectivity index (χ2v) is 7.05. The number of nitrogens with zero attached hydrogens (tertiary/aromatic N) is 3. The van der Waals surface area contributed by atoms with Gasteiger partial charge in [-0.25, -0.2) is 4.98 Å². The summed E-state index contributed by atoms with van der Waals surface area (Å²) >= 11 is 1.58. The van der Waals surface area contributed by atoms with Gasteiger partial charge in [-0.05, 0) is 31.5 Å². The molecule has 0 fully saturated rings. The number of ether oxygens (including phenoxy) is 1. The first kappa shape index (κ1) is 15.8. The summed E-state index contributed by atoms with van der Waals surface area (Å²) in [6.07, 6.45) is 2.74. The van der Waals surface area contributed by atoms with Crippen molar-refractivity contribution in [1.29, 1.82) is 0 Å². The minimum Gasteiger partial charge on any atom is -0.479 e. The molecule has 0 saturated carbocycles. The first-order valence-corrected chi connectivity index (χ1v) is 8.89. The Balaban J connectivity index is 1.94. The van der Waals surface area contributed by atoms with Crippen LogP contribution in [0.25, 0.3) is 16.2 Å². The molecule has 1 aliphatic heterocycles. The Labute approximate surface area is 148 Å². The summed E-state index contributed by atoms with van der Waals surface area (Å²) in [6.45, 7) is 3.82. The molecule has 1 amide bonds. The van der Waals surface area contributed by atoms with Crippen LogP contribution in [0.1, 0.15) is 29.2 Å². The number of carbonyl (C=O) groups is 2. The molecule has 0 saturated heterocycles. The molecule has 0 radical (unpaired) electrons. The largest absolute Gasteiger partial charge is 0.479 e. The van der Waals surface area contributed by atoms with Crippen LogP contribution in [0.5, 0.6) is 5.75 Å². The van der Waals surface area contributed by atoms with Gasteiger partial charge in [-0.3, -0.25) is 14.0 Å². The zero-order valence-corrected chi connectivity index (χ0v) is 15.0. The maximum absolute atomic E-state index is 12.2. The fourth-order valence-corrected chi connectivity index (χ4v) is 4.26. The lowest BCUT2D eigenvalue weighted by molar-refractivity contribution is -0.125. The quantitative estimate of drug-likeness (QED) is 0.677.